The van der Waals surface area contributed by atoms with Gasteiger partial charge in [0.15, 0.2) is 11.5 Å². The number of methoxy groups -OCH3 is 1. The molecule has 5 nitrogen and oxygen atoms in total. The molecule has 0 unspecified atom stereocenters. The van der Waals surface area contributed by atoms with Crippen molar-refractivity contribution < 1.29 is 19.4 Å². The number of hydrogen-bond donors (Lipinski definition) is 1. The summed E-state index contributed by atoms with van der Waals surface area (Å²) in [6.07, 6.45) is 2.16. The molecule has 0 radical (unpaired) electrons. The fourth-order valence-electron chi connectivity index (χ4n) is 2.90. The molecule has 1 saturated carbocycles. The number of carbonyl (C=O) groups excluding carboxylic acids is 1. The molecule has 1 aromatic carbocycles. The fraction of sp³-hybridized carbons (Fsp3) is 0.562. The lowest BCUT2D eigenvalue weighted by Crippen LogP contribution is -2.64. The summed E-state index contributed by atoms with van der Waals surface area (Å²) in [5.41, 5.74) is -0.0812. The summed E-state index contributed by atoms with van der Waals surface area (Å²) in [5.74, 6) is 1.51. The van der Waals surface area contributed by atoms with Gasteiger partial charge in [-0.2, -0.15) is 0 Å². The average molecular weight is 291 g/mol. The van der Waals surface area contributed by atoms with E-state index in [4.69, 9.17) is 9.47 Å². The van der Waals surface area contributed by atoms with Gasteiger partial charge in [-0.1, -0.05) is 0 Å². The third-order valence-corrected chi connectivity index (χ3v) is 4.26. The molecule has 21 heavy (non-hydrogen) atoms. The minimum atomic E-state index is -0.648. The smallest absolute Gasteiger partial charge is 0.254 e. The van der Waals surface area contributed by atoms with Crippen LogP contribution in [0, 0.1) is 5.92 Å². The number of hydrogen-bond acceptors (Lipinski definition) is 4. The van der Waals surface area contributed by atoms with Crippen molar-refractivity contribution in [1.82, 2.24) is 4.90 Å². The van der Waals surface area contributed by atoms with Crippen LogP contribution in [0.1, 0.15) is 30.1 Å². The molecule has 1 aromatic rings. The predicted molar refractivity (Wildman–Crippen MR) is 77.7 cm³/mol. The summed E-state index contributed by atoms with van der Waals surface area (Å²) in [5, 5.41) is 10.3. The molecule has 114 valence electrons. The molecular weight excluding hydrogens is 270 g/mol. The lowest BCUT2D eigenvalue weighted by Gasteiger charge is -2.47. The lowest BCUT2D eigenvalue weighted by molar-refractivity contribution is -0.0958. The molecule has 2 fully saturated rings. The van der Waals surface area contributed by atoms with Gasteiger partial charge >= 0.3 is 0 Å². The monoisotopic (exact) mass is 291 g/mol. The summed E-state index contributed by atoms with van der Waals surface area (Å²) in [7, 11) is 1.57. The molecule has 1 aliphatic carbocycles. The molecule has 1 aliphatic heterocycles. The highest BCUT2D eigenvalue weighted by Gasteiger charge is 2.53. The summed E-state index contributed by atoms with van der Waals surface area (Å²) in [6, 6.07) is 5.18. The van der Waals surface area contributed by atoms with Gasteiger partial charge in [0.05, 0.1) is 26.8 Å². The van der Waals surface area contributed by atoms with Gasteiger partial charge in [0.1, 0.15) is 5.60 Å². The third kappa shape index (κ3) is 2.58. The van der Waals surface area contributed by atoms with Gasteiger partial charge in [0.25, 0.3) is 5.91 Å². The first-order chi connectivity index (χ1) is 10.1. The van der Waals surface area contributed by atoms with Gasteiger partial charge < -0.3 is 19.5 Å². The van der Waals surface area contributed by atoms with Crippen molar-refractivity contribution in [3.63, 3.8) is 0 Å². The topological polar surface area (TPSA) is 59.0 Å². The standard InChI is InChI=1S/C16H21NO4/c1-3-21-14-8-11(4-7-13(14)20-2)15(18)17-9-16(19,10-17)12-5-6-12/h4,7-8,12,19H,3,5-6,9-10H2,1-2H3. The molecule has 1 amide bonds. The summed E-state index contributed by atoms with van der Waals surface area (Å²) in [6.45, 7) is 3.28. The van der Waals surface area contributed by atoms with E-state index in [1.165, 1.54) is 0 Å². The maximum absolute atomic E-state index is 12.4. The Labute approximate surface area is 124 Å². The van der Waals surface area contributed by atoms with E-state index in [0.29, 0.717) is 42.7 Å². The number of amides is 1. The second kappa shape index (κ2) is 5.22. The van der Waals surface area contributed by atoms with Gasteiger partial charge in [-0.15, -0.1) is 0 Å². The Morgan fingerprint density at radius 3 is 2.67 bits per heavy atom. The van der Waals surface area contributed by atoms with Crippen molar-refractivity contribution in [2.45, 2.75) is 25.4 Å². The Hall–Kier alpha value is -1.75. The number of rotatable bonds is 5. The number of nitrogens with zero attached hydrogens (tertiary/aromatic N) is 1. The van der Waals surface area contributed by atoms with Gasteiger partial charge in [0, 0.05) is 5.56 Å². The van der Waals surface area contributed by atoms with E-state index in [0.717, 1.165) is 12.8 Å². The number of ether oxygens (including phenoxy) is 2. The van der Waals surface area contributed by atoms with E-state index in [1.54, 1.807) is 30.2 Å². The first kappa shape index (κ1) is 14.2. The van der Waals surface area contributed by atoms with Crippen LogP contribution in [0.2, 0.25) is 0 Å². The largest absolute Gasteiger partial charge is 0.493 e. The van der Waals surface area contributed by atoms with Crippen LogP contribution in [0.15, 0.2) is 18.2 Å². The van der Waals surface area contributed by atoms with Crippen molar-refractivity contribution in [3.05, 3.63) is 23.8 Å². The zero-order valence-electron chi connectivity index (χ0n) is 12.5. The maximum Gasteiger partial charge on any atom is 0.254 e. The van der Waals surface area contributed by atoms with Crippen LogP contribution < -0.4 is 9.47 Å². The molecule has 0 bridgehead atoms. The lowest BCUT2D eigenvalue weighted by atomic mass is 9.88. The Morgan fingerprint density at radius 2 is 2.10 bits per heavy atom. The first-order valence-corrected chi connectivity index (χ1v) is 7.40. The van der Waals surface area contributed by atoms with Gasteiger partial charge in [-0.3, -0.25) is 4.79 Å². The van der Waals surface area contributed by atoms with Crippen LogP contribution >= 0.6 is 0 Å². The number of aliphatic hydroxyl groups is 1. The zero-order chi connectivity index (χ0) is 15.0. The summed E-state index contributed by atoms with van der Waals surface area (Å²) in [4.78, 5) is 14.1. The SMILES string of the molecule is CCOc1cc(C(=O)N2CC(O)(C3CC3)C2)ccc1OC. The molecule has 1 heterocycles. The molecule has 1 saturated heterocycles. The molecule has 3 rings (SSSR count). The highest BCUT2D eigenvalue weighted by atomic mass is 16.5. The predicted octanol–water partition coefficient (Wildman–Crippen LogP) is 1.69. The number of benzene rings is 1. The van der Waals surface area contributed by atoms with Gasteiger partial charge in [-0.05, 0) is 43.9 Å². The van der Waals surface area contributed by atoms with Crippen molar-refractivity contribution in [2.24, 2.45) is 5.92 Å². The molecule has 0 atom stereocenters. The highest BCUT2D eigenvalue weighted by Crippen LogP contribution is 2.44. The van der Waals surface area contributed by atoms with E-state index >= 15 is 0 Å². The molecule has 2 aliphatic rings. The minimum Gasteiger partial charge on any atom is -0.493 e. The highest BCUT2D eigenvalue weighted by molar-refractivity contribution is 5.95. The van der Waals surface area contributed by atoms with Gasteiger partial charge in [0.2, 0.25) is 0 Å². The molecule has 5 heteroatoms. The Morgan fingerprint density at radius 1 is 1.38 bits per heavy atom. The Kier molecular flexibility index (Phi) is 3.53. The van der Waals surface area contributed by atoms with E-state index in [2.05, 4.69) is 0 Å². The van der Waals surface area contributed by atoms with Crippen LogP contribution in [0.25, 0.3) is 0 Å². The van der Waals surface area contributed by atoms with E-state index in [-0.39, 0.29) is 5.91 Å². The van der Waals surface area contributed by atoms with Crippen LogP contribution in [-0.4, -0.2) is 48.3 Å². The van der Waals surface area contributed by atoms with Crippen molar-refractivity contribution in [3.8, 4) is 11.5 Å². The molecule has 0 aromatic heterocycles. The maximum atomic E-state index is 12.4. The number of likely N-dealkylation sites (tertiary alicyclic amines) is 1. The van der Waals surface area contributed by atoms with Crippen LogP contribution in [-0.2, 0) is 0 Å². The fourth-order valence-corrected chi connectivity index (χ4v) is 2.90. The van der Waals surface area contributed by atoms with Gasteiger partial charge in [-0.25, -0.2) is 0 Å². The average Bonchev–Trinajstić information content (AvgIpc) is 3.28. The molecular formula is C16H21NO4. The van der Waals surface area contributed by atoms with Crippen LogP contribution in [0.4, 0.5) is 0 Å². The van der Waals surface area contributed by atoms with Crippen LogP contribution in [0.5, 0.6) is 11.5 Å². The quantitative estimate of drug-likeness (QED) is 0.897. The first-order valence-electron chi connectivity index (χ1n) is 7.40. The second-order valence-electron chi connectivity index (χ2n) is 5.84. The minimum absolute atomic E-state index is 0.0658. The third-order valence-electron chi connectivity index (χ3n) is 4.26. The zero-order valence-corrected chi connectivity index (χ0v) is 12.5. The van der Waals surface area contributed by atoms with Crippen LogP contribution in [0.3, 0.4) is 0 Å². The summed E-state index contributed by atoms with van der Waals surface area (Å²) >= 11 is 0. The Balaban J connectivity index is 1.71. The van der Waals surface area contributed by atoms with Crippen molar-refractivity contribution >= 4 is 5.91 Å². The van der Waals surface area contributed by atoms with Crippen molar-refractivity contribution in [2.75, 3.05) is 26.8 Å². The Bertz CT molecular complexity index is 547. The molecule has 1 N–H and O–H groups in total. The second-order valence-corrected chi connectivity index (χ2v) is 5.84. The number of carbonyl (C=O) groups is 1. The number of β-amino-alcohol motifs (C(OH)–C–C–N with tert-alkyl or cyclic N) is 1. The normalized spacial score (nSPS) is 19.9. The molecule has 0 spiro atoms. The van der Waals surface area contributed by atoms with Crippen molar-refractivity contribution in [1.29, 1.82) is 0 Å². The summed E-state index contributed by atoms with van der Waals surface area (Å²) < 4.78 is 10.7. The van der Waals surface area contributed by atoms with E-state index in [1.807, 2.05) is 6.92 Å². The van der Waals surface area contributed by atoms with E-state index < -0.39 is 5.60 Å². The van der Waals surface area contributed by atoms with E-state index in [9.17, 15) is 9.90 Å².